The van der Waals surface area contributed by atoms with Gasteiger partial charge in [-0.15, -0.1) is 0 Å². The van der Waals surface area contributed by atoms with Crippen LogP contribution in [-0.2, 0) is 9.59 Å². The van der Waals surface area contributed by atoms with E-state index in [9.17, 15) is 19.7 Å². The average molecular weight is 392 g/mol. The zero-order valence-electron chi connectivity index (χ0n) is 15.6. The van der Waals surface area contributed by atoms with Gasteiger partial charge in [0.25, 0.3) is 0 Å². The number of carbonyl (C=O) groups excluding carboxylic acids is 2. The Morgan fingerprint density at radius 1 is 0.966 bits per heavy atom. The van der Waals surface area contributed by atoms with Crippen molar-refractivity contribution in [2.45, 2.75) is 13.8 Å². The summed E-state index contributed by atoms with van der Waals surface area (Å²) in [6, 6.07) is 13.1. The van der Waals surface area contributed by atoms with E-state index in [1.54, 1.807) is 36.4 Å². The van der Waals surface area contributed by atoms with Crippen molar-refractivity contribution in [3.63, 3.8) is 0 Å². The van der Waals surface area contributed by atoms with Crippen LogP contribution in [0, 0.1) is 10.1 Å². The van der Waals surface area contributed by atoms with Crippen LogP contribution in [0.3, 0.4) is 0 Å². The lowest BCUT2D eigenvalue weighted by atomic mass is 10.1. The molecule has 3 rings (SSSR count). The van der Waals surface area contributed by atoms with Crippen molar-refractivity contribution in [3.05, 3.63) is 69.9 Å². The van der Waals surface area contributed by atoms with E-state index in [1.807, 2.05) is 12.1 Å². The van der Waals surface area contributed by atoms with Gasteiger partial charge in [0.15, 0.2) is 5.75 Å². The first-order valence-corrected chi connectivity index (χ1v) is 8.56. The highest BCUT2D eigenvalue weighted by Crippen LogP contribution is 2.29. The zero-order chi connectivity index (χ0) is 21.0. The number of benzene rings is 2. The van der Waals surface area contributed by atoms with Gasteiger partial charge in [0.2, 0.25) is 5.75 Å². The zero-order valence-corrected chi connectivity index (χ0v) is 15.6. The predicted molar refractivity (Wildman–Crippen MR) is 106 cm³/mol. The van der Waals surface area contributed by atoms with E-state index in [0.29, 0.717) is 22.5 Å². The van der Waals surface area contributed by atoms with Crippen molar-refractivity contribution in [2.75, 3.05) is 0 Å². The molecule has 0 fully saturated rings. The maximum Gasteiger partial charge on any atom is 0.312 e. The Balaban J connectivity index is 1.94. The molecule has 0 unspecified atom stereocenters. The molecule has 1 heterocycles. The number of hydrogen-bond acceptors (Lipinski definition) is 7. The summed E-state index contributed by atoms with van der Waals surface area (Å²) in [7, 11) is 0. The Morgan fingerprint density at radius 2 is 1.69 bits per heavy atom. The summed E-state index contributed by atoms with van der Waals surface area (Å²) in [6.07, 6.45) is 3.32. The minimum absolute atomic E-state index is 0.116. The van der Waals surface area contributed by atoms with Crippen LogP contribution in [0.25, 0.3) is 23.1 Å². The lowest BCUT2D eigenvalue weighted by Gasteiger charge is -2.06. The monoisotopic (exact) mass is 392 g/mol. The van der Waals surface area contributed by atoms with Crippen molar-refractivity contribution in [3.8, 4) is 11.5 Å². The van der Waals surface area contributed by atoms with Gasteiger partial charge < -0.3 is 9.47 Å². The molecule has 0 saturated carbocycles. The highest BCUT2D eigenvalue weighted by atomic mass is 16.6. The van der Waals surface area contributed by atoms with Crippen molar-refractivity contribution in [1.29, 1.82) is 0 Å². The van der Waals surface area contributed by atoms with E-state index >= 15 is 0 Å². The van der Waals surface area contributed by atoms with E-state index in [0.717, 1.165) is 5.39 Å². The molecule has 0 bridgehead atoms. The molecule has 146 valence electrons. The second kappa shape index (κ2) is 8.30. The molecule has 0 atom stereocenters. The molecule has 29 heavy (non-hydrogen) atoms. The third-order valence-electron chi connectivity index (χ3n) is 3.84. The maximum atomic E-state index is 11.3. The minimum Gasteiger partial charge on any atom is -0.424 e. The second-order valence-corrected chi connectivity index (χ2v) is 6.07. The normalized spacial score (nSPS) is 10.8. The van der Waals surface area contributed by atoms with Crippen LogP contribution in [0.4, 0.5) is 5.69 Å². The van der Waals surface area contributed by atoms with E-state index in [1.165, 1.54) is 26.0 Å². The molecule has 8 nitrogen and oxygen atoms in total. The standard InChI is InChI=1S/C21H16N2O6/c1-13(24)28-19-11-7-15(12-18(19)23(26)27)6-9-17-10-8-16-4-3-5-20(21(16)22-17)29-14(2)25/h3-12H,1-2H3/b9-6+. The summed E-state index contributed by atoms with van der Waals surface area (Å²) >= 11 is 0. The van der Waals surface area contributed by atoms with Gasteiger partial charge in [-0.25, -0.2) is 4.98 Å². The molecule has 1 aromatic heterocycles. The number of nitro groups is 1. The molecular formula is C21H16N2O6. The van der Waals surface area contributed by atoms with Gasteiger partial charge in [0.05, 0.1) is 10.6 Å². The Kier molecular flexibility index (Phi) is 5.64. The predicted octanol–water partition coefficient (Wildman–Crippen LogP) is 4.16. The number of nitrogens with zero attached hydrogens (tertiary/aromatic N) is 2. The molecule has 8 heteroatoms. The molecule has 0 aliphatic heterocycles. The van der Waals surface area contributed by atoms with E-state index in [4.69, 9.17) is 9.47 Å². The fraction of sp³-hybridized carbons (Fsp3) is 0.0952. The third-order valence-corrected chi connectivity index (χ3v) is 3.84. The summed E-state index contributed by atoms with van der Waals surface area (Å²) < 4.78 is 10.0. The largest absolute Gasteiger partial charge is 0.424 e. The van der Waals surface area contributed by atoms with Crippen LogP contribution in [0.1, 0.15) is 25.1 Å². The molecule has 0 aliphatic carbocycles. The number of pyridine rings is 1. The molecule has 0 aliphatic rings. The van der Waals surface area contributed by atoms with Crippen LogP contribution >= 0.6 is 0 Å². The summed E-state index contributed by atoms with van der Waals surface area (Å²) in [6.45, 7) is 2.49. The molecular weight excluding hydrogens is 376 g/mol. The van der Waals surface area contributed by atoms with Gasteiger partial charge in [0, 0.05) is 25.3 Å². The number of fused-ring (bicyclic) bond motifs is 1. The Bertz CT molecular complexity index is 1150. The number of para-hydroxylation sites is 1. The van der Waals surface area contributed by atoms with Crippen LogP contribution in [-0.4, -0.2) is 21.8 Å². The number of rotatable bonds is 5. The average Bonchev–Trinajstić information content (AvgIpc) is 2.66. The number of nitro benzene ring substituents is 1. The fourth-order valence-corrected chi connectivity index (χ4v) is 2.67. The minimum atomic E-state index is -0.639. The molecule has 3 aromatic rings. The Morgan fingerprint density at radius 3 is 2.38 bits per heavy atom. The Hall–Kier alpha value is -4.07. The van der Waals surface area contributed by atoms with Crippen LogP contribution in [0.5, 0.6) is 11.5 Å². The number of ether oxygens (including phenoxy) is 2. The van der Waals surface area contributed by atoms with Gasteiger partial charge in [0.1, 0.15) is 5.52 Å². The number of aromatic nitrogens is 1. The van der Waals surface area contributed by atoms with Gasteiger partial charge in [-0.05, 0) is 29.8 Å². The summed E-state index contributed by atoms with van der Waals surface area (Å²) in [4.78, 5) is 37.5. The lowest BCUT2D eigenvalue weighted by molar-refractivity contribution is -0.385. The molecule has 0 spiro atoms. The summed E-state index contributed by atoms with van der Waals surface area (Å²) in [5.74, 6) is -0.845. The van der Waals surface area contributed by atoms with Crippen LogP contribution in [0.2, 0.25) is 0 Å². The molecule has 0 amide bonds. The van der Waals surface area contributed by atoms with Crippen molar-refractivity contribution < 1.29 is 24.0 Å². The van der Waals surface area contributed by atoms with Crippen LogP contribution < -0.4 is 9.47 Å². The summed E-state index contributed by atoms with van der Waals surface area (Å²) in [5, 5.41) is 12.0. The smallest absolute Gasteiger partial charge is 0.312 e. The van der Waals surface area contributed by atoms with Crippen molar-refractivity contribution in [2.24, 2.45) is 0 Å². The first-order chi connectivity index (χ1) is 13.8. The highest BCUT2D eigenvalue weighted by Gasteiger charge is 2.17. The topological polar surface area (TPSA) is 109 Å². The van der Waals surface area contributed by atoms with Gasteiger partial charge >= 0.3 is 17.6 Å². The second-order valence-electron chi connectivity index (χ2n) is 6.07. The Labute approximate surface area is 165 Å². The fourth-order valence-electron chi connectivity index (χ4n) is 2.67. The first kappa shape index (κ1) is 19.7. The van der Waals surface area contributed by atoms with Gasteiger partial charge in [-0.1, -0.05) is 30.3 Å². The lowest BCUT2D eigenvalue weighted by Crippen LogP contribution is -2.04. The first-order valence-electron chi connectivity index (χ1n) is 8.56. The van der Waals surface area contributed by atoms with E-state index in [2.05, 4.69) is 4.98 Å². The van der Waals surface area contributed by atoms with Gasteiger partial charge in [-0.2, -0.15) is 0 Å². The number of hydrogen-bond donors (Lipinski definition) is 0. The highest BCUT2D eigenvalue weighted by molar-refractivity contribution is 5.88. The van der Waals surface area contributed by atoms with Crippen molar-refractivity contribution in [1.82, 2.24) is 4.98 Å². The molecule has 0 radical (unpaired) electrons. The third kappa shape index (κ3) is 4.81. The SMILES string of the molecule is CC(=O)Oc1ccc(/C=C/c2ccc3cccc(OC(C)=O)c3n2)cc1[N+](=O)[O-]. The quantitative estimate of drug-likeness (QED) is 0.277. The molecule has 2 aromatic carbocycles. The van der Waals surface area contributed by atoms with Gasteiger partial charge in [-0.3, -0.25) is 19.7 Å². The number of esters is 2. The van der Waals surface area contributed by atoms with Crippen LogP contribution in [0.15, 0.2) is 48.5 Å². The number of carbonyl (C=O) groups is 2. The van der Waals surface area contributed by atoms with Crippen molar-refractivity contribution >= 4 is 40.7 Å². The molecule has 0 N–H and O–H groups in total. The maximum absolute atomic E-state index is 11.3. The summed E-state index contributed by atoms with van der Waals surface area (Å²) in [5.41, 5.74) is 1.32. The molecule has 0 saturated heterocycles. The van der Waals surface area contributed by atoms with E-state index in [-0.39, 0.29) is 11.4 Å². The van der Waals surface area contributed by atoms with E-state index < -0.39 is 16.9 Å².